The molecule has 0 atom stereocenters. The zero-order valence-corrected chi connectivity index (χ0v) is 12.1. The lowest BCUT2D eigenvalue weighted by atomic mass is 10.2. The smallest absolute Gasteiger partial charge is 0.261 e. The van der Waals surface area contributed by atoms with Crippen molar-refractivity contribution in [1.82, 2.24) is 0 Å². The van der Waals surface area contributed by atoms with Crippen LogP contribution in [0.25, 0.3) is 0 Å². The third kappa shape index (κ3) is 3.55. The Kier molecular flexibility index (Phi) is 4.18. The van der Waals surface area contributed by atoms with Gasteiger partial charge in [0, 0.05) is 16.8 Å². The fraction of sp³-hybridized carbons (Fsp3) is 0.0667. The number of ketones is 1. The summed E-state index contributed by atoms with van der Waals surface area (Å²) in [4.78, 5) is 21.8. The van der Waals surface area contributed by atoms with Gasteiger partial charge >= 0.3 is 0 Å². The maximum atomic E-state index is 12.2. The van der Waals surface area contributed by atoms with Crippen molar-refractivity contribution < 1.29 is 18.0 Å². The third-order valence-electron chi connectivity index (χ3n) is 2.87. The monoisotopic (exact) mass is 303 g/mol. The Bertz CT molecular complexity index is 762. The molecule has 0 aromatic heterocycles. The van der Waals surface area contributed by atoms with Crippen LogP contribution in [-0.4, -0.2) is 20.5 Å². The minimum atomic E-state index is -3.72. The molecule has 0 saturated heterocycles. The number of sulfonamides is 1. The Morgan fingerprint density at radius 1 is 1.00 bits per heavy atom. The van der Waals surface area contributed by atoms with Gasteiger partial charge in [0.15, 0.2) is 5.78 Å². The number of nitrogens with one attached hydrogen (secondary N) is 1. The Morgan fingerprint density at radius 2 is 1.57 bits per heavy atom. The second-order valence-electron chi connectivity index (χ2n) is 4.43. The Morgan fingerprint density at radius 3 is 2.05 bits per heavy atom. The number of carbonyl (C=O) groups is 2. The summed E-state index contributed by atoms with van der Waals surface area (Å²) in [5.74, 6) is -0.128. The highest BCUT2D eigenvalue weighted by Crippen LogP contribution is 2.17. The standard InChI is InChI=1S/C15H13NO4S/c1-11(18)13-4-8-15(9-5-13)21(19,20)16-14-6-2-12(10-17)3-7-14/h2-10,16H,1H3. The normalized spacial score (nSPS) is 10.9. The fourth-order valence-electron chi connectivity index (χ4n) is 1.71. The highest BCUT2D eigenvalue weighted by molar-refractivity contribution is 7.92. The van der Waals surface area contributed by atoms with Crippen molar-refractivity contribution in [3.8, 4) is 0 Å². The Hall–Kier alpha value is -2.47. The molecule has 0 radical (unpaired) electrons. The molecule has 6 heteroatoms. The number of benzene rings is 2. The molecule has 2 aromatic carbocycles. The van der Waals surface area contributed by atoms with Gasteiger partial charge in [-0.1, -0.05) is 12.1 Å². The van der Waals surface area contributed by atoms with Crippen LogP contribution >= 0.6 is 0 Å². The van der Waals surface area contributed by atoms with E-state index in [1.54, 1.807) is 0 Å². The lowest BCUT2D eigenvalue weighted by Crippen LogP contribution is -2.13. The molecule has 2 aromatic rings. The number of aldehydes is 1. The molecule has 0 heterocycles. The third-order valence-corrected chi connectivity index (χ3v) is 4.27. The van der Waals surface area contributed by atoms with E-state index in [1.165, 1.54) is 55.5 Å². The molecule has 2 rings (SSSR count). The van der Waals surface area contributed by atoms with Gasteiger partial charge in [-0.2, -0.15) is 0 Å². The Balaban J connectivity index is 2.24. The van der Waals surface area contributed by atoms with Crippen LogP contribution < -0.4 is 4.72 Å². The molecule has 0 aliphatic rings. The molecule has 0 aliphatic carbocycles. The minimum absolute atomic E-state index is 0.0620. The zero-order chi connectivity index (χ0) is 15.5. The molecule has 0 fully saturated rings. The summed E-state index contributed by atoms with van der Waals surface area (Å²) in [5.41, 5.74) is 1.27. The van der Waals surface area contributed by atoms with Crippen LogP contribution in [0.3, 0.4) is 0 Å². The predicted octanol–water partition coefficient (Wildman–Crippen LogP) is 2.50. The molecule has 0 bridgehead atoms. The van der Waals surface area contributed by atoms with Crippen LogP contribution in [0.15, 0.2) is 53.4 Å². The molecule has 5 nitrogen and oxygen atoms in total. The molecule has 0 aliphatic heterocycles. The summed E-state index contributed by atoms with van der Waals surface area (Å²) in [5, 5.41) is 0. The van der Waals surface area contributed by atoms with Crippen LogP contribution in [-0.2, 0) is 10.0 Å². The summed E-state index contributed by atoms with van der Waals surface area (Å²) in [6.45, 7) is 1.41. The van der Waals surface area contributed by atoms with Gasteiger partial charge in [0.2, 0.25) is 0 Å². The van der Waals surface area contributed by atoms with Crippen molar-refractivity contribution in [2.24, 2.45) is 0 Å². The first-order chi connectivity index (χ1) is 9.92. The predicted molar refractivity (Wildman–Crippen MR) is 79.1 cm³/mol. The number of rotatable bonds is 5. The van der Waals surface area contributed by atoms with Crippen LogP contribution in [0.1, 0.15) is 27.6 Å². The number of hydrogen-bond donors (Lipinski definition) is 1. The van der Waals surface area contributed by atoms with Gasteiger partial charge in [0.05, 0.1) is 4.90 Å². The first-order valence-electron chi connectivity index (χ1n) is 6.11. The van der Waals surface area contributed by atoms with E-state index < -0.39 is 10.0 Å². The molecule has 108 valence electrons. The van der Waals surface area contributed by atoms with E-state index in [0.717, 1.165) is 0 Å². The zero-order valence-electron chi connectivity index (χ0n) is 11.2. The second kappa shape index (κ2) is 5.88. The van der Waals surface area contributed by atoms with Crippen molar-refractivity contribution in [1.29, 1.82) is 0 Å². The van der Waals surface area contributed by atoms with E-state index in [4.69, 9.17) is 0 Å². The summed E-state index contributed by atoms with van der Waals surface area (Å²) < 4.78 is 26.7. The van der Waals surface area contributed by atoms with E-state index in [1.807, 2.05) is 0 Å². The van der Waals surface area contributed by atoms with E-state index in [2.05, 4.69) is 4.72 Å². The van der Waals surface area contributed by atoms with E-state index >= 15 is 0 Å². The van der Waals surface area contributed by atoms with Crippen LogP contribution in [0.4, 0.5) is 5.69 Å². The highest BCUT2D eigenvalue weighted by Gasteiger charge is 2.14. The summed E-state index contributed by atoms with van der Waals surface area (Å²) in [6, 6.07) is 11.7. The highest BCUT2D eigenvalue weighted by atomic mass is 32.2. The molecule has 0 unspecified atom stereocenters. The molecule has 0 spiro atoms. The van der Waals surface area contributed by atoms with Gasteiger partial charge in [-0.05, 0) is 43.3 Å². The van der Waals surface area contributed by atoms with Gasteiger partial charge in [-0.25, -0.2) is 8.42 Å². The minimum Gasteiger partial charge on any atom is -0.298 e. The van der Waals surface area contributed by atoms with Crippen molar-refractivity contribution in [2.75, 3.05) is 4.72 Å². The van der Waals surface area contributed by atoms with Gasteiger partial charge in [-0.3, -0.25) is 14.3 Å². The molecule has 0 saturated carbocycles. The summed E-state index contributed by atoms with van der Waals surface area (Å²) in [7, 11) is -3.72. The van der Waals surface area contributed by atoms with Crippen molar-refractivity contribution in [3.63, 3.8) is 0 Å². The number of Topliss-reactive ketones (excluding diaryl/α,β-unsaturated/α-hetero) is 1. The fourth-order valence-corrected chi connectivity index (χ4v) is 2.77. The number of carbonyl (C=O) groups excluding carboxylic acids is 2. The summed E-state index contributed by atoms with van der Waals surface area (Å²) in [6.07, 6.45) is 0.679. The molecule has 0 amide bonds. The SMILES string of the molecule is CC(=O)c1ccc(S(=O)(=O)Nc2ccc(C=O)cc2)cc1. The molecular formula is C15H13NO4S. The van der Waals surface area contributed by atoms with Crippen molar-refractivity contribution >= 4 is 27.8 Å². The van der Waals surface area contributed by atoms with Crippen LogP contribution in [0.5, 0.6) is 0 Å². The van der Waals surface area contributed by atoms with Gasteiger partial charge in [0.1, 0.15) is 6.29 Å². The second-order valence-corrected chi connectivity index (χ2v) is 6.11. The number of anilines is 1. The van der Waals surface area contributed by atoms with Gasteiger partial charge in [-0.15, -0.1) is 0 Å². The largest absolute Gasteiger partial charge is 0.298 e. The quantitative estimate of drug-likeness (QED) is 0.680. The average Bonchev–Trinajstić information content (AvgIpc) is 2.48. The van der Waals surface area contributed by atoms with Gasteiger partial charge < -0.3 is 0 Å². The van der Waals surface area contributed by atoms with Crippen LogP contribution in [0.2, 0.25) is 0 Å². The average molecular weight is 303 g/mol. The maximum Gasteiger partial charge on any atom is 0.261 e. The maximum absolute atomic E-state index is 12.2. The van der Waals surface area contributed by atoms with Crippen LogP contribution in [0, 0.1) is 0 Å². The van der Waals surface area contributed by atoms with E-state index in [9.17, 15) is 18.0 Å². The number of hydrogen-bond acceptors (Lipinski definition) is 4. The lowest BCUT2D eigenvalue weighted by Gasteiger charge is -2.08. The van der Waals surface area contributed by atoms with Gasteiger partial charge in [0.25, 0.3) is 10.0 Å². The molecule has 1 N–H and O–H groups in total. The van der Waals surface area contributed by atoms with Crippen molar-refractivity contribution in [3.05, 3.63) is 59.7 Å². The summed E-state index contributed by atoms with van der Waals surface area (Å²) >= 11 is 0. The molecular weight excluding hydrogens is 290 g/mol. The topological polar surface area (TPSA) is 80.3 Å². The Labute approximate surface area is 122 Å². The lowest BCUT2D eigenvalue weighted by molar-refractivity contribution is 0.101. The van der Waals surface area contributed by atoms with Crippen molar-refractivity contribution in [2.45, 2.75) is 11.8 Å². The molecule has 21 heavy (non-hydrogen) atoms. The first-order valence-corrected chi connectivity index (χ1v) is 7.60. The van der Waals surface area contributed by atoms with E-state index in [-0.39, 0.29) is 10.7 Å². The van der Waals surface area contributed by atoms with E-state index in [0.29, 0.717) is 23.1 Å². The first kappa shape index (κ1) is 14.9.